The Kier molecular flexibility index (Phi) is 5.10. The van der Waals surface area contributed by atoms with E-state index in [0.29, 0.717) is 28.3 Å². The van der Waals surface area contributed by atoms with Crippen LogP contribution in [-0.2, 0) is 0 Å². The molecular formula is C16H14Cl2N2O2S. The predicted molar refractivity (Wildman–Crippen MR) is 97.0 cm³/mol. The Morgan fingerprint density at radius 3 is 2.57 bits per heavy atom. The second-order valence-corrected chi connectivity index (χ2v) is 6.27. The molecule has 0 bridgehead atoms. The molecule has 1 aliphatic heterocycles. The predicted octanol–water partition coefficient (Wildman–Crippen LogP) is 4.12. The molecule has 1 heterocycles. The third-order valence-electron chi connectivity index (χ3n) is 3.18. The highest BCUT2D eigenvalue weighted by molar-refractivity contribution is 7.80. The molecule has 0 fully saturated rings. The van der Waals surface area contributed by atoms with Crippen LogP contribution in [0.4, 0.5) is 5.69 Å². The van der Waals surface area contributed by atoms with Crippen LogP contribution in [-0.4, -0.2) is 24.4 Å². The lowest BCUT2D eigenvalue weighted by atomic mass is 10.2. The third kappa shape index (κ3) is 4.41. The van der Waals surface area contributed by atoms with Crippen LogP contribution in [0.2, 0.25) is 10.0 Å². The van der Waals surface area contributed by atoms with Gasteiger partial charge in [-0.05, 0) is 42.5 Å². The molecule has 0 saturated heterocycles. The van der Waals surface area contributed by atoms with Gasteiger partial charge in [0.05, 0.1) is 6.54 Å². The van der Waals surface area contributed by atoms with Crippen LogP contribution in [0.25, 0.3) is 0 Å². The molecule has 2 aromatic rings. The molecule has 0 radical (unpaired) electrons. The molecule has 0 amide bonds. The molecule has 0 aliphatic carbocycles. The number of hydrogen-bond donors (Lipinski definition) is 2. The first-order valence-electron chi connectivity index (χ1n) is 6.99. The molecule has 1 aliphatic rings. The van der Waals surface area contributed by atoms with Gasteiger partial charge in [-0.2, -0.15) is 0 Å². The fourth-order valence-corrected chi connectivity index (χ4v) is 2.90. The van der Waals surface area contributed by atoms with Crippen LogP contribution in [0.1, 0.15) is 0 Å². The molecule has 4 nitrogen and oxygen atoms in total. The third-order valence-corrected chi connectivity index (χ3v) is 3.86. The minimum atomic E-state index is -0.118. The van der Waals surface area contributed by atoms with Gasteiger partial charge in [-0.25, -0.2) is 0 Å². The molecule has 2 N–H and O–H groups in total. The summed E-state index contributed by atoms with van der Waals surface area (Å²) in [6.45, 7) is 0.990. The van der Waals surface area contributed by atoms with E-state index in [-0.39, 0.29) is 6.10 Å². The van der Waals surface area contributed by atoms with E-state index in [0.717, 1.165) is 17.2 Å². The van der Waals surface area contributed by atoms with E-state index in [1.807, 2.05) is 24.3 Å². The standard InChI is InChI=1S/C16H14Cl2N2O2S/c17-10-5-11(18)7-12(6-10)20-16(23)19-8-13-9-21-14-3-1-2-4-15(14)22-13/h1-7,13H,8-9H2,(H2,19,20,23)/t13-/m0/s1. The SMILES string of the molecule is S=C(NC[C@H]1COc2ccccc2O1)Nc1cc(Cl)cc(Cl)c1. The fourth-order valence-electron chi connectivity index (χ4n) is 2.17. The fraction of sp³-hybridized carbons (Fsp3) is 0.188. The summed E-state index contributed by atoms with van der Waals surface area (Å²) in [5.74, 6) is 1.50. The summed E-state index contributed by atoms with van der Waals surface area (Å²) in [5, 5.41) is 7.69. The van der Waals surface area contributed by atoms with Gasteiger partial charge in [0.15, 0.2) is 16.6 Å². The smallest absolute Gasteiger partial charge is 0.170 e. The summed E-state index contributed by atoms with van der Waals surface area (Å²) in [5.41, 5.74) is 0.728. The molecule has 0 spiro atoms. The number of benzene rings is 2. The van der Waals surface area contributed by atoms with Crippen LogP contribution >= 0.6 is 35.4 Å². The van der Waals surface area contributed by atoms with Crippen LogP contribution in [0.15, 0.2) is 42.5 Å². The van der Waals surface area contributed by atoms with Crippen molar-refractivity contribution >= 4 is 46.2 Å². The molecule has 1 atom stereocenters. The van der Waals surface area contributed by atoms with E-state index in [1.165, 1.54) is 0 Å². The maximum absolute atomic E-state index is 5.96. The molecule has 23 heavy (non-hydrogen) atoms. The van der Waals surface area contributed by atoms with Crippen molar-refractivity contribution in [1.82, 2.24) is 5.32 Å². The van der Waals surface area contributed by atoms with Crippen LogP contribution in [0.3, 0.4) is 0 Å². The van der Waals surface area contributed by atoms with Crippen molar-refractivity contribution in [2.24, 2.45) is 0 Å². The van der Waals surface area contributed by atoms with Crippen molar-refractivity contribution in [3.63, 3.8) is 0 Å². The highest BCUT2D eigenvalue weighted by Gasteiger charge is 2.20. The van der Waals surface area contributed by atoms with Crippen LogP contribution in [0, 0.1) is 0 Å². The van der Waals surface area contributed by atoms with Gasteiger partial charge in [0.25, 0.3) is 0 Å². The zero-order valence-corrected chi connectivity index (χ0v) is 14.3. The second kappa shape index (κ2) is 7.25. The van der Waals surface area contributed by atoms with Crippen molar-refractivity contribution in [1.29, 1.82) is 0 Å². The molecule has 0 aromatic heterocycles. The number of nitrogens with one attached hydrogen (secondary N) is 2. The Morgan fingerprint density at radius 2 is 1.83 bits per heavy atom. The Bertz CT molecular complexity index is 707. The normalized spacial score (nSPS) is 15.8. The van der Waals surface area contributed by atoms with Gasteiger partial charge in [0, 0.05) is 15.7 Å². The Labute approximate surface area is 149 Å². The van der Waals surface area contributed by atoms with Crippen LogP contribution in [0.5, 0.6) is 11.5 Å². The lowest BCUT2D eigenvalue weighted by molar-refractivity contribution is 0.0939. The van der Waals surface area contributed by atoms with Crippen molar-refractivity contribution in [2.45, 2.75) is 6.10 Å². The van der Waals surface area contributed by atoms with Gasteiger partial charge in [0.1, 0.15) is 12.7 Å². The van der Waals surface area contributed by atoms with E-state index in [2.05, 4.69) is 10.6 Å². The molecule has 0 unspecified atom stereocenters. The largest absolute Gasteiger partial charge is 0.486 e. The maximum Gasteiger partial charge on any atom is 0.170 e. The average molecular weight is 369 g/mol. The van der Waals surface area contributed by atoms with E-state index in [1.54, 1.807) is 18.2 Å². The van der Waals surface area contributed by atoms with Crippen molar-refractivity contribution in [3.05, 3.63) is 52.5 Å². The number of para-hydroxylation sites is 2. The van der Waals surface area contributed by atoms with Gasteiger partial charge < -0.3 is 20.1 Å². The average Bonchev–Trinajstić information content (AvgIpc) is 2.52. The quantitative estimate of drug-likeness (QED) is 0.797. The van der Waals surface area contributed by atoms with Gasteiger partial charge in [-0.1, -0.05) is 35.3 Å². The maximum atomic E-state index is 5.96. The van der Waals surface area contributed by atoms with Crippen molar-refractivity contribution < 1.29 is 9.47 Å². The Morgan fingerprint density at radius 1 is 1.13 bits per heavy atom. The minimum absolute atomic E-state index is 0.118. The number of halogens is 2. The molecule has 2 aromatic carbocycles. The first-order valence-corrected chi connectivity index (χ1v) is 8.16. The molecule has 3 rings (SSSR count). The molecular weight excluding hydrogens is 355 g/mol. The summed E-state index contributed by atoms with van der Waals surface area (Å²) >= 11 is 17.2. The molecule has 7 heteroatoms. The lowest BCUT2D eigenvalue weighted by Gasteiger charge is -2.27. The number of hydrogen-bond acceptors (Lipinski definition) is 3. The summed E-state index contributed by atoms with van der Waals surface area (Å²) in [6, 6.07) is 12.7. The number of thiocarbonyl (C=S) groups is 1. The first-order chi connectivity index (χ1) is 11.1. The minimum Gasteiger partial charge on any atom is -0.486 e. The zero-order valence-electron chi connectivity index (χ0n) is 12.0. The van der Waals surface area contributed by atoms with Crippen LogP contribution < -0.4 is 20.1 Å². The summed E-state index contributed by atoms with van der Waals surface area (Å²) in [7, 11) is 0. The lowest BCUT2D eigenvalue weighted by Crippen LogP contribution is -2.42. The highest BCUT2D eigenvalue weighted by Crippen LogP contribution is 2.30. The second-order valence-electron chi connectivity index (χ2n) is 4.99. The zero-order chi connectivity index (χ0) is 16.2. The van der Waals surface area contributed by atoms with Gasteiger partial charge >= 0.3 is 0 Å². The van der Waals surface area contributed by atoms with E-state index in [9.17, 15) is 0 Å². The molecule has 120 valence electrons. The summed E-state index contributed by atoms with van der Waals surface area (Å²) < 4.78 is 11.5. The van der Waals surface area contributed by atoms with Crippen molar-refractivity contribution in [3.8, 4) is 11.5 Å². The molecule has 0 saturated carbocycles. The number of ether oxygens (including phenoxy) is 2. The first kappa shape index (κ1) is 16.2. The topological polar surface area (TPSA) is 42.5 Å². The summed E-state index contributed by atoms with van der Waals surface area (Å²) in [6.07, 6.45) is -0.118. The highest BCUT2D eigenvalue weighted by atomic mass is 35.5. The Balaban J connectivity index is 1.52. The number of anilines is 1. The van der Waals surface area contributed by atoms with Gasteiger partial charge in [0.2, 0.25) is 0 Å². The van der Waals surface area contributed by atoms with Crippen molar-refractivity contribution in [2.75, 3.05) is 18.5 Å². The van der Waals surface area contributed by atoms with E-state index in [4.69, 9.17) is 44.9 Å². The van der Waals surface area contributed by atoms with E-state index >= 15 is 0 Å². The number of fused-ring (bicyclic) bond motifs is 1. The van der Waals surface area contributed by atoms with Gasteiger partial charge in [-0.15, -0.1) is 0 Å². The monoisotopic (exact) mass is 368 g/mol. The van der Waals surface area contributed by atoms with Gasteiger partial charge in [-0.3, -0.25) is 0 Å². The number of rotatable bonds is 3. The van der Waals surface area contributed by atoms with E-state index < -0.39 is 0 Å². The Hall–Kier alpha value is -1.69. The summed E-state index contributed by atoms with van der Waals surface area (Å²) in [4.78, 5) is 0.